The lowest BCUT2D eigenvalue weighted by Gasteiger charge is -2.01. The maximum Gasteiger partial charge on any atom is 0.348 e. The third kappa shape index (κ3) is 4.64. The molecule has 0 aromatic rings. The van der Waals surface area contributed by atoms with Crippen molar-refractivity contribution in [2.24, 2.45) is 0 Å². The first-order valence-corrected chi connectivity index (χ1v) is 3.65. The average molecular weight is 180 g/mol. The zero-order chi connectivity index (χ0) is 10.3. The number of rotatable bonds is 3. The first-order valence-electron chi connectivity index (χ1n) is 3.65. The summed E-state index contributed by atoms with van der Waals surface area (Å²) in [6.07, 6.45) is 4.74. The van der Waals surface area contributed by atoms with Gasteiger partial charge in [0.1, 0.15) is 11.6 Å². The molecular formula is C9H12N2O2. The van der Waals surface area contributed by atoms with Gasteiger partial charge in [0.05, 0.1) is 7.11 Å². The summed E-state index contributed by atoms with van der Waals surface area (Å²) in [6.45, 7) is 0. The Labute approximate surface area is 77.7 Å². The minimum Gasteiger partial charge on any atom is -0.465 e. The van der Waals surface area contributed by atoms with Crippen LogP contribution in [0, 0.1) is 11.3 Å². The van der Waals surface area contributed by atoms with Crippen LogP contribution in [0.25, 0.3) is 0 Å². The molecule has 13 heavy (non-hydrogen) atoms. The molecule has 0 atom stereocenters. The van der Waals surface area contributed by atoms with Gasteiger partial charge in [0.15, 0.2) is 0 Å². The molecule has 0 saturated carbocycles. The van der Waals surface area contributed by atoms with Gasteiger partial charge in [0.25, 0.3) is 0 Å². The fourth-order valence-corrected chi connectivity index (χ4v) is 0.572. The molecule has 0 saturated heterocycles. The Hall–Kier alpha value is -1.76. The van der Waals surface area contributed by atoms with Crippen LogP contribution >= 0.6 is 0 Å². The number of nitrogens with zero attached hydrogens (tertiary/aromatic N) is 2. The van der Waals surface area contributed by atoms with Crippen molar-refractivity contribution in [2.45, 2.75) is 0 Å². The minimum absolute atomic E-state index is 0.0133. The summed E-state index contributed by atoms with van der Waals surface area (Å²) < 4.78 is 4.38. The number of carbonyl (C=O) groups excluding carboxylic acids is 1. The number of allylic oxidation sites excluding steroid dienone is 2. The van der Waals surface area contributed by atoms with Crippen molar-refractivity contribution < 1.29 is 9.53 Å². The van der Waals surface area contributed by atoms with Crippen LogP contribution in [0.3, 0.4) is 0 Å². The monoisotopic (exact) mass is 180 g/mol. The van der Waals surface area contributed by atoms with E-state index in [4.69, 9.17) is 5.26 Å². The van der Waals surface area contributed by atoms with Gasteiger partial charge in [-0.2, -0.15) is 5.26 Å². The van der Waals surface area contributed by atoms with Crippen LogP contribution in [0.1, 0.15) is 0 Å². The molecule has 0 radical (unpaired) electrons. The summed E-state index contributed by atoms with van der Waals surface area (Å²) >= 11 is 0. The van der Waals surface area contributed by atoms with Gasteiger partial charge < -0.3 is 9.64 Å². The number of carbonyl (C=O) groups is 1. The van der Waals surface area contributed by atoms with Gasteiger partial charge >= 0.3 is 5.97 Å². The molecule has 0 unspecified atom stereocenters. The Kier molecular flexibility index (Phi) is 5.05. The van der Waals surface area contributed by atoms with Crippen LogP contribution < -0.4 is 0 Å². The fraction of sp³-hybridized carbons (Fsp3) is 0.333. The zero-order valence-corrected chi connectivity index (χ0v) is 7.94. The van der Waals surface area contributed by atoms with Gasteiger partial charge in [-0.05, 0) is 18.4 Å². The van der Waals surface area contributed by atoms with Gasteiger partial charge in [-0.1, -0.05) is 0 Å². The zero-order valence-electron chi connectivity index (χ0n) is 7.94. The van der Waals surface area contributed by atoms with Crippen molar-refractivity contribution in [1.82, 2.24) is 4.90 Å². The maximum atomic E-state index is 10.9. The highest BCUT2D eigenvalue weighted by Crippen LogP contribution is 1.95. The third-order valence-corrected chi connectivity index (χ3v) is 1.17. The first-order chi connectivity index (χ1) is 6.11. The highest BCUT2D eigenvalue weighted by molar-refractivity contribution is 5.92. The van der Waals surface area contributed by atoms with Crippen LogP contribution in [0.4, 0.5) is 0 Å². The summed E-state index contributed by atoms with van der Waals surface area (Å²) in [5.74, 6) is -0.620. The van der Waals surface area contributed by atoms with Crippen molar-refractivity contribution in [2.75, 3.05) is 21.2 Å². The smallest absolute Gasteiger partial charge is 0.348 e. The molecule has 4 heteroatoms. The van der Waals surface area contributed by atoms with E-state index in [1.54, 1.807) is 23.2 Å². The van der Waals surface area contributed by atoms with Gasteiger partial charge in [-0.3, -0.25) is 0 Å². The molecule has 70 valence electrons. The first kappa shape index (κ1) is 11.2. The van der Waals surface area contributed by atoms with Crippen molar-refractivity contribution >= 4 is 5.97 Å². The van der Waals surface area contributed by atoms with Crippen LogP contribution in [0.2, 0.25) is 0 Å². The molecule has 0 aliphatic rings. The maximum absolute atomic E-state index is 10.9. The van der Waals surface area contributed by atoms with E-state index in [9.17, 15) is 4.79 Å². The lowest BCUT2D eigenvalue weighted by Crippen LogP contribution is -2.03. The number of hydrogen-bond acceptors (Lipinski definition) is 4. The number of hydrogen-bond donors (Lipinski definition) is 0. The molecule has 0 spiro atoms. The van der Waals surface area contributed by atoms with E-state index in [0.717, 1.165) is 0 Å². The van der Waals surface area contributed by atoms with Crippen LogP contribution in [0.15, 0.2) is 23.9 Å². The Balaban J connectivity index is 4.43. The van der Waals surface area contributed by atoms with E-state index in [-0.39, 0.29) is 5.57 Å². The predicted octanol–water partition coefficient (Wildman–Crippen LogP) is 0.685. The quantitative estimate of drug-likeness (QED) is 0.277. The molecule has 0 heterocycles. The van der Waals surface area contributed by atoms with E-state index in [2.05, 4.69) is 4.74 Å². The fourth-order valence-electron chi connectivity index (χ4n) is 0.572. The van der Waals surface area contributed by atoms with E-state index < -0.39 is 5.97 Å². The highest BCUT2D eigenvalue weighted by atomic mass is 16.5. The summed E-state index contributed by atoms with van der Waals surface area (Å²) in [7, 11) is 4.92. The van der Waals surface area contributed by atoms with Gasteiger partial charge in [0.2, 0.25) is 0 Å². The highest BCUT2D eigenvalue weighted by Gasteiger charge is 2.05. The lowest BCUT2D eigenvalue weighted by molar-refractivity contribution is -0.135. The molecule has 4 nitrogen and oxygen atoms in total. The topological polar surface area (TPSA) is 53.3 Å². The van der Waals surface area contributed by atoms with Gasteiger partial charge in [0, 0.05) is 14.1 Å². The number of nitriles is 1. The average Bonchev–Trinajstić information content (AvgIpc) is 2.11. The van der Waals surface area contributed by atoms with E-state index in [1.165, 1.54) is 13.2 Å². The molecule has 0 fully saturated rings. The predicted molar refractivity (Wildman–Crippen MR) is 48.5 cm³/mol. The Morgan fingerprint density at radius 3 is 2.54 bits per heavy atom. The van der Waals surface area contributed by atoms with Gasteiger partial charge in [-0.15, -0.1) is 0 Å². The van der Waals surface area contributed by atoms with Crippen molar-refractivity contribution in [3.63, 3.8) is 0 Å². The van der Waals surface area contributed by atoms with E-state index in [0.29, 0.717) is 0 Å². The molecule has 0 aromatic heterocycles. The summed E-state index contributed by atoms with van der Waals surface area (Å²) in [5, 5.41) is 8.53. The Morgan fingerprint density at radius 1 is 1.54 bits per heavy atom. The van der Waals surface area contributed by atoms with Crippen LogP contribution in [-0.2, 0) is 9.53 Å². The normalized spacial score (nSPS) is 11.1. The second-order valence-corrected chi connectivity index (χ2v) is 2.49. The molecule has 0 aromatic carbocycles. The van der Waals surface area contributed by atoms with Gasteiger partial charge in [-0.25, -0.2) is 4.79 Å². The van der Waals surface area contributed by atoms with Crippen LogP contribution in [-0.4, -0.2) is 32.1 Å². The summed E-state index contributed by atoms with van der Waals surface area (Å²) in [5.41, 5.74) is -0.0133. The Morgan fingerprint density at radius 2 is 2.15 bits per heavy atom. The number of esters is 1. The molecule has 0 bridgehead atoms. The molecular weight excluding hydrogens is 168 g/mol. The third-order valence-electron chi connectivity index (χ3n) is 1.17. The second kappa shape index (κ2) is 5.84. The SMILES string of the molecule is COC(=O)/C(C#N)=C\C=C\N(C)C. The molecule has 0 rings (SSSR count). The molecule has 0 amide bonds. The van der Waals surface area contributed by atoms with Crippen LogP contribution in [0.5, 0.6) is 0 Å². The number of methoxy groups -OCH3 is 1. The van der Waals surface area contributed by atoms with E-state index >= 15 is 0 Å². The Bertz CT molecular complexity index is 272. The molecule has 0 N–H and O–H groups in total. The molecule has 0 aliphatic heterocycles. The molecule has 0 aliphatic carbocycles. The standard InChI is InChI=1S/C9H12N2O2/c1-11(2)6-4-5-8(7-10)9(12)13-3/h4-6H,1-3H3/b6-4+,8-5-. The van der Waals surface area contributed by atoms with Crippen molar-refractivity contribution in [1.29, 1.82) is 5.26 Å². The second-order valence-electron chi connectivity index (χ2n) is 2.49. The lowest BCUT2D eigenvalue weighted by atomic mass is 10.3. The van der Waals surface area contributed by atoms with Crippen molar-refractivity contribution in [3.8, 4) is 6.07 Å². The van der Waals surface area contributed by atoms with Crippen molar-refractivity contribution in [3.05, 3.63) is 23.9 Å². The largest absolute Gasteiger partial charge is 0.465 e. The van der Waals surface area contributed by atoms with E-state index in [1.807, 2.05) is 14.1 Å². The number of ether oxygens (including phenoxy) is 1. The summed E-state index contributed by atoms with van der Waals surface area (Å²) in [4.78, 5) is 12.7. The summed E-state index contributed by atoms with van der Waals surface area (Å²) in [6, 6.07) is 1.74. The minimum atomic E-state index is -0.620.